The van der Waals surface area contributed by atoms with Crippen LogP contribution in [0.3, 0.4) is 0 Å². The Morgan fingerprint density at radius 2 is 2.05 bits per heavy atom. The van der Waals surface area contributed by atoms with Gasteiger partial charge in [0, 0.05) is 23.8 Å². The Labute approximate surface area is 132 Å². The van der Waals surface area contributed by atoms with Crippen LogP contribution in [-0.2, 0) is 9.47 Å². The lowest BCUT2D eigenvalue weighted by Crippen LogP contribution is -2.24. The van der Waals surface area contributed by atoms with Gasteiger partial charge in [0.1, 0.15) is 0 Å². The standard InChI is InChI=1S/C16H27NO3S/c1-12(9-19-4)20-10-15(18)11-21-16-7-5-6-14(8-16)13(2)17-3/h5-8,12-13,15,17-18H,9-11H2,1-4H3. The van der Waals surface area contributed by atoms with E-state index in [-0.39, 0.29) is 6.10 Å². The smallest absolute Gasteiger partial charge is 0.0867 e. The molecular formula is C16H27NO3S. The highest BCUT2D eigenvalue weighted by atomic mass is 32.2. The van der Waals surface area contributed by atoms with Crippen molar-refractivity contribution in [1.82, 2.24) is 5.32 Å². The summed E-state index contributed by atoms with van der Waals surface area (Å²) in [5.41, 5.74) is 1.25. The van der Waals surface area contributed by atoms with E-state index < -0.39 is 6.10 Å². The van der Waals surface area contributed by atoms with E-state index in [0.29, 0.717) is 25.0 Å². The summed E-state index contributed by atoms with van der Waals surface area (Å²) >= 11 is 1.65. The molecule has 3 atom stereocenters. The second-order valence-corrected chi connectivity index (χ2v) is 6.24. The van der Waals surface area contributed by atoms with Gasteiger partial charge in [-0.15, -0.1) is 11.8 Å². The molecule has 0 spiro atoms. The molecule has 1 aromatic rings. The van der Waals surface area contributed by atoms with Crippen molar-refractivity contribution in [2.45, 2.75) is 37.0 Å². The predicted molar refractivity (Wildman–Crippen MR) is 87.9 cm³/mol. The maximum Gasteiger partial charge on any atom is 0.0867 e. The zero-order chi connectivity index (χ0) is 15.7. The lowest BCUT2D eigenvalue weighted by Gasteiger charge is -2.16. The number of rotatable bonds is 10. The van der Waals surface area contributed by atoms with E-state index in [4.69, 9.17) is 9.47 Å². The van der Waals surface area contributed by atoms with Crippen molar-refractivity contribution in [3.63, 3.8) is 0 Å². The molecule has 0 aliphatic heterocycles. The van der Waals surface area contributed by atoms with Gasteiger partial charge in [-0.2, -0.15) is 0 Å². The molecule has 2 N–H and O–H groups in total. The molecule has 0 aromatic heterocycles. The summed E-state index contributed by atoms with van der Waals surface area (Å²) in [5.74, 6) is 0.622. The topological polar surface area (TPSA) is 50.7 Å². The average Bonchev–Trinajstić information content (AvgIpc) is 2.50. The number of thioether (sulfide) groups is 1. The van der Waals surface area contributed by atoms with Gasteiger partial charge in [0.25, 0.3) is 0 Å². The third kappa shape index (κ3) is 7.29. The Morgan fingerprint density at radius 3 is 2.71 bits per heavy atom. The summed E-state index contributed by atoms with van der Waals surface area (Å²) in [5, 5.41) is 13.2. The first-order valence-electron chi connectivity index (χ1n) is 7.25. The van der Waals surface area contributed by atoms with Gasteiger partial charge in [0.05, 0.1) is 25.4 Å². The van der Waals surface area contributed by atoms with Gasteiger partial charge in [-0.05, 0) is 38.6 Å². The molecule has 0 aliphatic rings. The number of benzene rings is 1. The summed E-state index contributed by atoms with van der Waals surface area (Å²) in [6.07, 6.45) is -0.464. The largest absolute Gasteiger partial charge is 0.390 e. The van der Waals surface area contributed by atoms with Crippen LogP contribution in [0.25, 0.3) is 0 Å². The Balaban J connectivity index is 2.37. The van der Waals surface area contributed by atoms with Crippen molar-refractivity contribution in [3.05, 3.63) is 29.8 Å². The van der Waals surface area contributed by atoms with Crippen LogP contribution in [0.2, 0.25) is 0 Å². The minimum absolute atomic E-state index is 0.00876. The molecule has 4 nitrogen and oxygen atoms in total. The second-order valence-electron chi connectivity index (χ2n) is 5.15. The first-order valence-corrected chi connectivity index (χ1v) is 8.24. The zero-order valence-corrected chi connectivity index (χ0v) is 14.2. The first kappa shape index (κ1) is 18.5. The van der Waals surface area contributed by atoms with Crippen LogP contribution in [0, 0.1) is 0 Å². The molecule has 3 unspecified atom stereocenters. The monoisotopic (exact) mass is 313 g/mol. The van der Waals surface area contributed by atoms with Crippen LogP contribution < -0.4 is 5.32 Å². The minimum Gasteiger partial charge on any atom is -0.390 e. The fourth-order valence-electron chi connectivity index (χ4n) is 1.84. The van der Waals surface area contributed by atoms with E-state index in [1.807, 2.05) is 14.0 Å². The van der Waals surface area contributed by atoms with Crippen molar-refractivity contribution in [2.75, 3.05) is 33.1 Å². The number of aliphatic hydroxyl groups excluding tert-OH is 1. The molecular weight excluding hydrogens is 286 g/mol. The summed E-state index contributed by atoms with van der Waals surface area (Å²) < 4.78 is 10.5. The molecule has 1 rings (SSSR count). The third-order valence-corrected chi connectivity index (χ3v) is 4.35. The van der Waals surface area contributed by atoms with Gasteiger partial charge in [-0.25, -0.2) is 0 Å². The SMILES string of the molecule is CNC(C)c1cccc(SCC(O)COC(C)COC)c1. The fourth-order valence-corrected chi connectivity index (χ4v) is 2.71. The van der Waals surface area contributed by atoms with Gasteiger partial charge < -0.3 is 19.9 Å². The van der Waals surface area contributed by atoms with Crippen LogP contribution in [0.15, 0.2) is 29.2 Å². The Hall–Kier alpha value is -0.590. The lowest BCUT2D eigenvalue weighted by atomic mass is 10.1. The van der Waals surface area contributed by atoms with Gasteiger partial charge in [0.2, 0.25) is 0 Å². The Morgan fingerprint density at radius 1 is 1.29 bits per heavy atom. The average molecular weight is 313 g/mol. The van der Waals surface area contributed by atoms with E-state index >= 15 is 0 Å². The normalized spacial score (nSPS) is 15.7. The molecule has 0 saturated carbocycles. The van der Waals surface area contributed by atoms with E-state index in [0.717, 1.165) is 0 Å². The molecule has 0 saturated heterocycles. The Kier molecular flexibility index (Phi) is 8.96. The van der Waals surface area contributed by atoms with Gasteiger partial charge in [-0.1, -0.05) is 12.1 Å². The zero-order valence-electron chi connectivity index (χ0n) is 13.3. The van der Waals surface area contributed by atoms with Gasteiger partial charge >= 0.3 is 0 Å². The molecule has 0 amide bonds. The van der Waals surface area contributed by atoms with Crippen LogP contribution in [0.4, 0.5) is 0 Å². The highest BCUT2D eigenvalue weighted by molar-refractivity contribution is 7.99. The molecule has 0 aliphatic carbocycles. The molecule has 0 radical (unpaired) electrons. The highest BCUT2D eigenvalue weighted by Gasteiger charge is 2.09. The maximum absolute atomic E-state index is 9.95. The molecule has 0 heterocycles. The van der Waals surface area contributed by atoms with E-state index in [2.05, 4.69) is 36.5 Å². The minimum atomic E-state index is -0.473. The van der Waals surface area contributed by atoms with Crippen molar-refractivity contribution in [2.24, 2.45) is 0 Å². The molecule has 0 fully saturated rings. The van der Waals surface area contributed by atoms with Gasteiger partial charge in [-0.3, -0.25) is 0 Å². The fraction of sp³-hybridized carbons (Fsp3) is 0.625. The summed E-state index contributed by atoms with van der Waals surface area (Å²) in [7, 11) is 3.60. The summed E-state index contributed by atoms with van der Waals surface area (Å²) in [6.45, 7) is 4.95. The number of ether oxygens (including phenoxy) is 2. The van der Waals surface area contributed by atoms with Crippen LogP contribution >= 0.6 is 11.8 Å². The molecule has 5 heteroatoms. The van der Waals surface area contributed by atoms with Gasteiger partial charge in [0.15, 0.2) is 0 Å². The summed E-state index contributed by atoms with van der Waals surface area (Å²) in [4.78, 5) is 1.17. The maximum atomic E-state index is 9.95. The van der Waals surface area contributed by atoms with Crippen molar-refractivity contribution in [3.8, 4) is 0 Å². The van der Waals surface area contributed by atoms with E-state index in [9.17, 15) is 5.11 Å². The first-order chi connectivity index (χ1) is 10.1. The molecule has 21 heavy (non-hydrogen) atoms. The molecule has 1 aromatic carbocycles. The Bertz CT molecular complexity index is 403. The number of aliphatic hydroxyl groups is 1. The highest BCUT2D eigenvalue weighted by Crippen LogP contribution is 2.23. The molecule has 0 bridgehead atoms. The molecule has 120 valence electrons. The number of nitrogens with one attached hydrogen (secondary N) is 1. The number of hydrogen-bond donors (Lipinski definition) is 2. The van der Waals surface area contributed by atoms with E-state index in [1.165, 1.54) is 10.5 Å². The summed E-state index contributed by atoms with van der Waals surface area (Å²) in [6, 6.07) is 8.71. The van der Waals surface area contributed by atoms with Crippen LogP contribution in [0.5, 0.6) is 0 Å². The lowest BCUT2D eigenvalue weighted by molar-refractivity contribution is -0.0257. The van der Waals surface area contributed by atoms with Crippen molar-refractivity contribution in [1.29, 1.82) is 0 Å². The number of methoxy groups -OCH3 is 1. The van der Waals surface area contributed by atoms with Crippen LogP contribution in [0.1, 0.15) is 25.5 Å². The van der Waals surface area contributed by atoms with Crippen LogP contribution in [-0.4, -0.2) is 50.4 Å². The van der Waals surface area contributed by atoms with E-state index in [1.54, 1.807) is 18.9 Å². The van der Waals surface area contributed by atoms with Crippen molar-refractivity contribution < 1.29 is 14.6 Å². The predicted octanol–water partition coefficient (Wildman–Crippen LogP) is 2.47. The quantitative estimate of drug-likeness (QED) is 0.650. The second kappa shape index (κ2) is 10.2. The van der Waals surface area contributed by atoms with Crippen molar-refractivity contribution >= 4 is 11.8 Å². The number of hydrogen-bond acceptors (Lipinski definition) is 5. The third-order valence-electron chi connectivity index (χ3n) is 3.21.